The van der Waals surface area contributed by atoms with Gasteiger partial charge < -0.3 is 4.90 Å². The van der Waals surface area contributed by atoms with Crippen molar-refractivity contribution in [2.24, 2.45) is 0 Å². The number of rotatable bonds is 6. The molecule has 1 heterocycles. The van der Waals surface area contributed by atoms with Crippen molar-refractivity contribution in [2.75, 3.05) is 26.4 Å². The van der Waals surface area contributed by atoms with Crippen LogP contribution in [0, 0.1) is 6.92 Å². The number of aromatic nitrogens is 2. The molecule has 0 unspecified atom stereocenters. The fraction of sp³-hybridized carbons (Fsp3) is 0.333. The molecule has 20 heavy (non-hydrogen) atoms. The van der Waals surface area contributed by atoms with Crippen LogP contribution in [-0.2, 0) is 0 Å². The summed E-state index contributed by atoms with van der Waals surface area (Å²) in [6.45, 7) is 2.83. The third-order valence-electron chi connectivity index (χ3n) is 2.96. The van der Waals surface area contributed by atoms with Crippen LogP contribution in [0.25, 0.3) is 5.69 Å². The molecule has 0 aliphatic carbocycles. The Balaban J connectivity index is 2.34. The van der Waals surface area contributed by atoms with Gasteiger partial charge >= 0.3 is 0 Å². The van der Waals surface area contributed by atoms with E-state index in [4.69, 9.17) is 0 Å². The average Bonchev–Trinajstić information content (AvgIpc) is 2.75. The first-order valence-corrected chi connectivity index (χ1v) is 7.49. The molecule has 0 spiro atoms. The van der Waals surface area contributed by atoms with Gasteiger partial charge in [-0.05, 0) is 33.2 Å². The average molecular weight is 289 g/mol. The Morgan fingerprint density at radius 2 is 2.00 bits per heavy atom. The van der Waals surface area contributed by atoms with Crippen LogP contribution in [0.2, 0.25) is 0 Å². The molecule has 0 fully saturated rings. The monoisotopic (exact) mass is 289 g/mol. The molecule has 0 radical (unpaired) electrons. The normalized spacial score (nSPS) is 11.0. The van der Waals surface area contributed by atoms with E-state index in [0.717, 1.165) is 35.0 Å². The number of thioether (sulfide) groups is 1. The lowest BCUT2D eigenvalue weighted by molar-refractivity contribution is 0.112. The summed E-state index contributed by atoms with van der Waals surface area (Å²) in [5.74, 6) is 0.922. The van der Waals surface area contributed by atoms with Crippen LogP contribution in [0.4, 0.5) is 0 Å². The lowest BCUT2D eigenvalue weighted by Crippen LogP contribution is -2.15. The second-order valence-corrected chi connectivity index (χ2v) is 5.90. The first kappa shape index (κ1) is 14.8. The van der Waals surface area contributed by atoms with Crippen molar-refractivity contribution in [1.29, 1.82) is 0 Å². The predicted molar refractivity (Wildman–Crippen MR) is 83.0 cm³/mol. The largest absolute Gasteiger partial charge is 0.309 e. The number of aldehydes is 1. The van der Waals surface area contributed by atoms with Crippen LogP contribution in [0.5, 0.6) is 0 Å². The van der Waals surface area contributed by atoms with E-state index in [1.54, 1.807) is 11.8 Å². The summed E-state index contributed by atoms with van der Waals surface area (Å²) in [6.07, 6.45) is 0.903. The van der Waals surface area contributed by atoms with Gasteiger partial charge in [-0.1, -0.05) is 18.2 Å². The fourth-order valence-corrected chi connectivity index (χ4v) is 3.13. The molecule has 4 nitrogen and oxygen atoms in total. The molecule has 1 aromatic carbocycles. The molecule has 0 saturated carbocycles. The number of para-hydroxylation sites is 1. The quantitative estimate of drug-likeness (QED) is 0.605. The van der Waals surface area contributed by atoms with Gasteiger partial charge in [-0.2, -0.15) is 5.10 Å². The fourth-order valence-electron chi connectivity index (χ4n) is 1.86. The Kier molecular flexibility index (Phi) is 4.98. The van der Waals surface area contributed by atoms with Crippen LogP contribution in [0.1, 0.15) is 16.1 Å². The Bertz CT molecular complexity index is 578. The minimum atomic E-state index is 0.692. The number of hydrogen-bond donors (Lipinski definition) is 0. The molecule has 1 aromatic heterocycles. The molecule has 106 valence electrons. The topological polar surface area (TPSA) is 38.1 Å². The maximum atomic E-state index is 11.3. The number of carbonyl (C=O) groups is 1. The lowest BCUT2D eigenvalue weighted by atomic mass is 10.3. The number of nitrogens with zero attached hydrogens (tertiary/aromatic N) is 3. The summed E-state index contributed by atoms with van der Waals surface area (Å²) in [4.78, 5) is 13.4. The first-order valence-electron chi connectivity index (χ1n) is 6.51. The van der Waals surface area contributed by atoms with Crippen molar-refractivity contribution in [2.45, 2.75) is 11.9 Å². The zero-order valence-corrected chi connectivity index (χ0v) is 12.9. The van der Waals surface area contributed by atoms with Gasteiger partial charge in [-0.25, -0.2) is 4.68 Å². The number of aryl methyl sites for hydroxylation is 1. The first-order chi connectivity index (χ1) is 9.63. The van der Waals surface area contributed by atoms with E-state index in [-0.39, 0.29) is 0 Å². The Morgan fingerprint density at radius 3 is 2.60 bits per heavy atom. The van der Waals surface area contributed by atoms with Crippen molar-refractivity contribution in [1.82, 2.24) is 14.7 Å². The molecule has 0 saturated heterocycles. The van der Waals surface area contributed by atoms with E-state index >= 15 is 0 Å². The number of benzene rings is 1. The van der Waals surface area contributed by atoms with E-state index < -0.39 is 0 Å². The highest BCUT2D eigenvalue weighted by atomic mass is 32.2. The van der Waals surface area contributed by atoms with Crippen LogP contribution in [0.15, 0.2) is 35.4 Å². The minimum absolute atomic E-state index is 0.692. The van der Waals surface area contributed by atoms with E-state index in [9.17, 15) is 4.79 Å². The van der Waals surface area contributed by atoms with Crippen molar-refractivity contribution in [3.05, 3.63) is 41.6 Å². The van der Waals surface area contributed by atoms with Gasteiger partial charge in [-0.3, -0.25) is 4.79 Å². The summed E-state index contributed by atoms with van der Waals surface area (Å²) in [6, 6.07) is 9.91. The standard InChI is InChI=1S/C15H19N3OS/c1-12-14(11-19)15(20-10-9-17(2)3)18(16-12)13-7-5-4-6-8-13/h4-8,11H,9-10H2,1-3H3. The molecule has 0 amide bonds. The van der Waals surface area contributed by atoms with E-state index in [1.165, 1.54) is 0 Å². The zero-order valence-electron chi connectivity index (χ0n) is 12.0. The highest BCUT2D eigenvalue weighted by Crippen LogP contribution is 2.27. The Labute approximate surface area is 123 Å². The second kappa shape index (κ2) is 6.72. The molecule has 0 N–H and O–H groups in total. The highest BCUT2D eigenvalue weighted by molar-refractivity contribution is 7.99. The minimum Gasteiger partial charge on any atom is -0.309 e. The molecule has 0 bridgehead atoms. The summed E-state index contributed by atoms with van der Waals surface area (Å²) < 4.78 is 1.86. The summed E-state index contributed by atoms with van der Waals surface area (Å²) in [7, 11) is 4.09. The summed E-state index contributed by atoms with van der Waals surface area (Å²) >= 11 is 1.67. The van der Waals surface area contributed by atoms with E-state index in [2.05, 4.69) is 10.00 Å². The Hall–Kier alpha value is -1.59. The van der Waals surface area contributed by atoms with Crippen molar-refractivity contribution < 1.29 is 4.79 Å². The van der Waals surface area contributed by atoms with Gasteiger partial charge in [-0.15, -0.1) is 11.8 Å². The number of carbonyl (C=O) groups excluding carboxylic acids is 1. The molecule has 0 aliphatic rings. The second-order valence-electron chi connectivity index (χ2n) is 4.82. The summed E-state index contributed by atoms with van der Waals surface area (Å²) in [5, 5.41) is 5.42. The molecule has 5 heteroatoms. The molecule has 0 atom stereocenters. The van der Waals surface area contributed by atoms with Crippen LogP contribution in [-0.4, -0.2) is 47.4 Å². The molecule has 0 aliphatic heterocycles. The number of hydrogen-bond acceptors (Lipinski definition) is 4. The predicted octanol–water partition coefficient (Wildman–Crippen LogP) is 2.65. The zero-order chi connectivity index (χ0) is 14.5. The van der Waals surface area contributed by atoms with E-state index in [0.29, 0.717) is 5.56 Å². The Morgan fingerprint density at radius 1 is 1.30 bits per heavy atom. The molecule has 2 rings (SSSR count). The van der Waals surface area contributed by atoms with Gasteiger partial charge in [0.15, 0.2) is 6.29 Å². The maximum Gasteiger partial charge on any atom is 0.154 e. The maximum absolute atomic E-state index is 11.3. The smallest absolute Gasteiger partial charge is 0.154 e. The molecular weight excluding hydrogens is 270 g/mol. The molecular formula is C15H19N3OS. The van der Waals surface area contributed by atoms with Gasteiger partial charge in [0, 0.05) is 12.3 Å². The van der Waals surface area contributed by atoms with Crippen molar-refractivity contribution in [3.8, 4) is 5.69 Å². The van der Waals surface area contributed by atoms with Crippen LogP contribution < -0.4 is 0 Å². The van der Waals surface area contributed by atoms with Crippen molar-refractivity contribution in [3.63, 3.8) is 0 Å². The highest BCUT2D eigenvalue weighted by Gasteiger charge is 2.16. The third kappa shape index (κ3) is 3.29. The van der Waals surface area contributed by atoms with Gasteiger partial charge in [0.1, 0.15) is 5.03 Å². The van der Waals surface area contributed by atoms with Gasteiger partial charge in [0.05, 0.1) is 16.9 Å². The van der Waals surface area contributed by atoms with Gasteiger partial charge in [0.25, 0.3) is 0 Å². The SMILES string of the molecule is Cc1nn(-c2ccccc2)c(SCCN(C)C)c1C=O. The lowest BCUT2D eigenvalue weighted by Gasteiger charge is -2.10. The van der Waals surface area contributed by atoms with E-state index in [1.807, 2.05) is 56.0 Å². The van der Waals surface area contributed by atoms with Crippen LogP contribution in [0.3, 0.4) is 0 Å². The third-order valence-corrected chi connectivity index (χ3v) is 4.01. The van der Waals surface area contributed by atoms with Crippen LogP contribution >= 0.6 is 11.8 Å². The van der Waals surface area contributed by atoms with Crippen molar-refractivity contribution >= 4 is 18.0 Å². The molecule has 2 aromatic rings. The summed E-state index contributed by atoms with van der Waals surface area (Å²) in [5.41, 5.74) is 2.45. The van der Waals surface area contributed by atoms with Gasteiger partial charge in [0.2, 0.25) is 0 Å².